The molecule has 11 heteroatoms. The highest BCUT2D eigenvalue weighted by Gasteiger charge is 2.33. The number of esters is 1. The summed E-state index contributed by atoms with van der Waals surface area (Å²) in [5, 5.41) is 7.37. The number of halogens is 3. The second kappa shape index (κ2) is 8.48. The van der Waals surface area contributed by atoms with E-state index in [0.29, 0.717) is 10.9 Å². The monoisotopic (exact) mass is 450 g/mol. The first kappa shape index (κ1) is 23.0. The highest BCUT2D eigenvalue weighted by atomic mass is 19.4. The van der Waals surface area contributed by atoms with E-state index in [2.05, 4.69) is 15.4 Å². The van der Waals surface area contributed by atoms with Gasteiger partial charge in [0.1, 0.15) is 29.3 Å². The Morgan fingerprint density at radius 1 is 1.16 bits per heavy atom. The molecule has 1 aromatic carbocycles. The number of ether oxygens (including phenoxy) is 2. The number of anilines is 1. The molecular weight excluding hydrogens is 429 g/mol. The van der Waals surface area contributed by atoms with Crippen LogP contribution >= 0.6 is 0 Å². The molecule has 2 aromatic heterocycles. The Morgan fingerprint density at radius 3 is 2.50 bits per heavy atom. The lowest BCUT2D eigenvalue weighted by molar-refractivity contribution is -0.155. The maximum absolute atomic E-state index is 12.9. The van der Waals surface area contributed by atoms with Gasteiger partial charge in [-0.15, -0.1) is 0 Å². The van der Waals surface area contributed by atoms with Crippen LogP contribution in [0.5, 0.6) is 5.75 Å². The molecule has 2 heterocycles. The molecule has 3 aromatic rings. The average molecular weight is 450 g/mol. The number of carbonyl (C=O) groups is 2. The van der Waals surface area contributed by atoms with E-state index in [1.165, 1.54) is 30.0 Å². The van der Waals surface area contributed by atoms with E-state index in [0.717, 1.165) is 12.1 Å². The van der Waals surface area contributed by atoms with Crippen LogP contribution in [0.3, 0.4) is 0 Å². The zero-order valence-electron chi connectivity index (χ0n) is 17.8. The maximum atomic E-state index is 12.9. The fraction of sp³-hybridized carbons (Fsp3) is 0.333. The van der Waals surface area contributed by atoms with Crippen molar-refractivity contribution in [2.24, 2.45) is 0 Å². The third-order valence-electron chi connectivity index (χ3n) is 4.10. The van der Waals surface area contributed by atoms with Gasteiger partial charge in [0.2, 0.25) is 0 Å². The first-order valence-electron chi connectivity index (χ1n) is 9.48. The molecule has 32 heavy (non-hydrogen) atoms. The molecule has 1 N–H and O–H groups in total. The van der Waals surface area contributed by atoms with Gasteiger partial charge in [0.05, 0.1) is 18.3 Å². The Morgan fingerprint density at radius 2 is 1.88 bits per heavy atom. The van der Waals surface area contributed by atoms with Crippen molar-refractivity contribution < 1.29 is 32.2 Å². The van der Waals surface area contributed by atoms with E-state index in [9.17, 15) is 22.8 Å². The van der Waals surface area contributed by atoms with Crippen LogP contribution in [-0.2, 0) is 22.3 Å². The van der Waals surface area contributed by atoms with E-state index >= 15 is 0 Å². The first-order valence-corrected chi connectivity index (χ1v) is 9.48. The predicted octanol–water partition coefficient (Wildman–Crippen LogP) is 4.05. The highest BCUT2D eigenvalue weighted by molar-refractivity contribution is 6.05. The largest absolute Gasteiger partial charge is 0.494 e. The van der Waals surface area contributed by atoms with Crippen molar-refractivity contribution in [2.45, 2.75) is 39.1 Å². The number of fused-ring (bicyclic) bond motifs is 1. The van der Waals surface area contributed by atoms with Crippen molar-refractivity contribution in [1.29, 1.82) is 0 Å². The van der Waals surface area contributed by atoms with Gasteiger partial charge in [-0.05, 0) is 39.0 Å². The zero-order chi connectivity index (χ0) is 23.7. The van der Waals surface area contributed by atoms with Crippen molar-refractivity contribution in [3.05, 3.63) is 47.9 Å². The number of aromatic nitrogens is 3. The van der Waals surface area contributed by atoms with Crippen LogP contribution in [-0.4, -0.2) is 39.4 Å². The van der Waals surface area contributed by atoms with Crippen LogP contribution in [0.1, 0.15) is 37.0 Å². The lowest BCUT2D eigenvalue weighted by atomic mass is 10.2. The lowest BCUT2D eigenvalue weighted by Crippen LogP contribution is -2.26. The summed E-state index contributed by atoms with van der Waals surface area (Å²) in [5.41, 5.74) is -1.51. The number of benzene rings is 1. The van der Waals surface area contributed by atoms with Gasteiger partial charge in [-0.3, -0.25) is 14.3 Å². The first-order chi connectivity index (χ1) is 14.9. The zero-order valence-corrected chi connectivity index (χ0v) is 17.8. The Bertz CT molecular complexity index is 1170. The smallest absolute Gasteiger partial charge is 0.433 e. The van der Waals surface area contributed by atoms with Crippen molar-refractivity contribution in [3.63, 3.8) is 0 Å². The number of methoxy groups -OCH3 is 1. The van der Waals surface area contributed by atoms with Crippen molar-refractivity contribution in [1.82, 2.24) is 14.8 Å². The molecule has 0 radical (unpaired) electrons. The molecule has 0 fully saturated rings. The van der Waals surface area contributed by atoms with Crippen LogP contribution in [0.25, 0.3) is 10.9 Å². The van der Waals surface area contributed by atoms with Gasteiger partial charge in [0.25, 0.3) is 5.91 Å². The van der Waals surface area contributed by atoms with E-state index in [-0.39, 0.29) is 18.0 Å². The highest BCUT2D eigenvalue weighted by Crippen LogP contribution is 2.31. The molecule has 170 valence electrons. The molecule has 3 rings (SSSR count). The van der Waals surface area contributed by atoms with Gasteiger partial charge < -0.3 is 14.8 Å². The molecule has 0 aliphatic carbocycles. The molecule has 1 amide bonds. The summed E-state index contributed by atoms with van der Waals surface area (Å²) in [6.45, 7) is 5.14. The van der Waals surface area contributed by atoms with Gasteiger partial charge in [-0.25, -0.2) is 4.98 Å². The van der Waals surface area contributed by atoms with Crippen molar-refractivity contribution >= 4 is 28.5 Å². The Balaban J connectivity index is 1.85. The minimum Gasteiger partial charge on any atom is -0.494 e. The van der Waals surface area contributed by atoms with Crippen LogP contribution in [0.15, 0.2) is 36.5 Å². The summed E-state index contributed by atoms with van der Waals surface area (Å²) < 4.78 is 50.6. The molecule has 0 saturated carbocycles. The van der Waals surface area contributed by atoms with Gasteiger partial charge in [-0.1, -0.05) is 6.07 Å². The Hall–Kier alpha value is -3.63. The molecule has 8 nitrogen and oxygen atoms in total. The van der Waals surface area contributed by atoms with Crippen molar-refractivity contribution in [2.75, 3.05) is 12.4 Å². The van der Waals surface area contributed by atoms with Crippen LogP contribution in [0, 0.1) is 0 Å². The third-order valence-corrected chi connectivity index (χ3v) is 4.10. The van der Waals surface area contributed by atoms with Crippen molar-refractivity contribution in [3.8, 4) is 5.75 Å². The molecule has 0 bridgehead atoms. The number of amides is 1. The topological polar surface area (TPSA) is 95.3 Å². The lowest BCUT2D eigenvalue weighted by Gasteiger charge is -2.19. The van der Waals surface area contributed by atoms with Gasteiger partial charge >= 0.3 is 12.1 Å². The number of nitrogens with one attached hydrogen (secondary N) is 1. The van der Waals surface area contributed by atoms with Crippen LogP contribution in [0.2, 0.25) is 0 Å². The summed E-state index contributed by atoms with van der Waals surface area (Å²) in [4.78, 5) is 27.9. The SMILES string of the molecule is COc1cc2nn(CC(=O)OC(C)(C)C)cc2cc1NC(=O)c1cccc(C(F)(F)F)n1. The minimum atomic E-state index is -4.67. The molecule has 0 atom stereocenters. The molecule has 0 unspecified atom stereocenters. The summed E-state index contributed by atoms with van der Waals surface area (Å²) in [7, 11) is 1.37. The average Bonchev–Trinajstić information content (AvgIpc) is 3.05. The summed E-state index contributed by atoms with van der Waals surface area (Å²) in [6, 6.07) is 6.14. The predicted molar refractivity (Wildman–Crippen MR) is 109 cm³/mol. The molecular formula is C21H21F3N4O4. The van der Waals surface area contributed by atoms with E-state index in [1.54, 1.807) is 27.0 Å². The maximum Gasteiger partial charge on any atom is 0.433 e. The fourth-order valence-electron chi connectivity index (χ4n) is 2.86. The molecule has 0 aliphatic rings. The summed E-state index contributed by atoms with van der Waals surface area (Å²) in [6.07, 6.45) is -3.09. The minimum absolute atomic E-state index is 0.121. The number of hydrogen-bond acceptors (Lipinski definition) is 6. The molecule has 0 aliphatic heterocycles. The van der Waals surface area contributed by atoms with Crippen LogP contribution < -0.4 is 10.1 Å². The van der Waals surface area contributed by atoms with E-state index in [4.69, 9.17) is 9.47 Å². The Labute approximate surface area is 181 Å². The fourth-order valence-corrected chi connectivity index (χ4v) is 2.86. The second-order valence-corrected chi connectivity index (χ2v) is 7.88. The standard InChI is InChI=1S/C21H21F3N4O4/c1-20(2,3)32-18(29)11-28-10-12-8-15(16(31-4)9-14(12)27-28)26-19(30)13-6-5-7-17(25-13)21(22,23)24/h5-10H,11H2,1-4H3,(H,26,30). The normalized spacial score (nSPS) is 12.0. The number of rotatable bonds is 5. The number of alkyl halides is 3. The third kappa shape index (κ3) is 5.54. The van der Waals surface area contributed by atoms with Gasteiger partial charge in [0, 0.05) is 17.6 Å². The van der Waals surface area contributed by atoms with Crippen LogP contribution in [0.4, 0.5) is 18.9 Å². The number of hydrogen-bond donors (Lipinski definition) is 1. The van der Waals surface area contributed by atoms with E-state index < -0.39 is 35.0 Å². The Kier molecular flexibility index (Phi) is 6.11. The number of carbonyl (C=O) groups excluding carboxylic acids is 2. The van der Waals surface area contributed by atoms with Gasteiger partial charge in [0.15, 0.2) is 0 Å². The number of pyridine rings is 1. The second-order valence-electron chi connectivity index (χ2n) is 7.88. The summed E-state index contributed by atoms with van der Waals surface area (Å²) in [5.74, 6) is -1.07. The summed E-state index contributed by atoms with van der Waals surface area (Å²) >= 11 is 0. The van der Waals surface area contributed by atoms with Gasteiger partial charge in [-0.2, -0.15) is 18.3 Å². The quantitative estimate of drug-likeness (QED) is 0.590. The molecule has 0 saturated heterocycles. The van der Waals surface area contributed by atoms with E-state index in [1.807, 2.05) is 0 Å². The number of nitrogens with zero attached hydrogens (tertiary/aromatic N) is 3. The molecule has 0 spiro atoms.